The monoisotopic (exact) mass is 290 g/mol. The minimum Gasteiger partial charge on any atom is -0.352 e. The van der Waals surface area contributed by atoms with E-state index in [0.29, 0.717) is 12.0 Å². The summed E-state index contributed by atoms with van der Waals surface area (Å²) in [5.41, 5.74) is 1.44. The zero-order chi connectivity index (χ0) is 15.5. The van der Waals surface area contributed by atoms with Crippen LogP contribution in [0.4, 0.5) is 5.69 Å². The molecule has 0 bridgehead atoms. The molecule has 0 aliphatic carbocycles. The van der Waals surface area contributed by atoms with Gasteiger partial charge in [0, 0.05) is 38.8 Å². The minimum absolute atomic E-state index is 0.115. The number of aliphatic imine (C=N–C) groups is 1. The fourth-order valence-corrected chi connectivity index (χ4v) is 2.54. The Labute approximate surface area is 125 Å². The molecule has 1 fully saturated rings. The van der Waals surface area contributed by atoms with E-state index < -0.39 is 0 Å². The van der Waals surface area contributed by atoms with Crippen LogP contribution in [0.15, 0.2) is 29.3 Å². The van der Waals surface area contributed by atoms with E-state index in [-0.39, 0.29) is 10.6 Å². The molecule has 0 unspecified atom stereocenters. The van der Waals surface area contributed by atoms with E-state index >= 15 is 0 Å². The first-order valence-corrected chi connectivity index (χ1v) is 7.10. The Morgan fingerprint density at radius 1 is 1.43 bits per heavy atom. The van der Waals surface area contributed by atoms with Crippen molar-refractivity contribution in [3.8, 4) is 0 Å². The van der Waals surface area contributed by atoms with Crippen LogP contribution in [0.2, 0.25) is 0 Å². The Morgan fingerprint density at radius 2 is 2.10 bits per heavy atom. The smallest absolute Gasteiger partial charge is 0.269 e. The van der Waals surface area contributed by atoms with E-state index in [4.69, 9.17) is 0 Å². The fourth-order valence-electron chi connectivity index (χ4n) is 2.54. The zero-order valence-electron chi connectivity index (χ0n) is 12.8. The van der Waals surface area contributed by atoms with E-state index in [0.717, 1.165) is 31.0 Å². The SMILES string of the molecule is CN=C(NCc1ccc([N+](=O)[O-])cc1)N1CCC(C)(C)C1. The number of nitro groups is 1. The molecule has 0 saturated carbocycles. The quantitative estimate of drug-likeness (QED) is 0.401. The third-order valence-corrected chi connectivity index (χ3v) is 3.79. The van der Waals surface area contributed by atoms with Crippen LogP contribution in [0.1, 0.15) is 25.8 Å². The van der Waals surface area contributed by atoms with Crippen molar-refractivity contribution >= 4 is 11.6 Å². The third kappa shape index (κ3) is 3.93. The summed E-state index contributed by atoms with van der Waals surface area (Å²) in [5, 5.41) is 13.9. The summed E-state index contributed by atoms with van der Waals surface area (Å²) in [6.45, 7) is 7.13. The number of guanidine groups is 1. The largest absolute Gasteiger partial charge is 0.352 e. The summed E-state index contributed by atoms with van der Waals surface area (Å²) in [5.74, 6) is 0.888. The molecule has 1 N–H and O–H groups in total. The predicted octanol–water partition coefficient (Wildman–Crippen LogP) is 2.40. The molecule has 6 heteroatoms. The first-order chi connectivity index (χ1) is 9.91. The molecule has 1 aromatic carbocycles. The molecule has 1 aliphatic heterocycles. The number of rotatable bonds is 3. The normalized spacial score (nSPS) is 17.9. The van der Waals surface area contributed by atoms with Gasteiger partial charge >= 0.3 is 0 Å². The zero-order valence-corrected chi connectivity index (χ0v) is 12.8. The Morgan fingerprint density at radius 3 is 2.57 bits per heavy atom. The highest BCUT2D eigenvalue weighted by atomic mass is 16.6. The number of likely N-dealkylation sites (tertiary alicyclic amines) is 1. The van der Waals surface area contributed by atoms with Gasteiger partial charge in [-0.15, -0.1) is 0 Å². The molecule has 21 heavy (non-hydrogen) atoms. The maximum Gasteiger partial charge on any atom is 0.269 e. The first kappa shape index (κ1) is 15.3. The standard InChI is InChI=1S/C15H22N4O2/c1-15(2)8-9-18(11-15)14(16-3)17-10-12-4-6-13(7-5-12)19(20)21/h4-7H,8-11H2,1-3H3,(H,16,17). The van der Waals surface area contributed by atoms with Crippen molar-refractivity contribution in [2.45, 2.75) is 26.8 Å². The Hall–Kier alpha value is -2.11. The maximum atomic E-state index is 10.6. The second-order valence-corrected chi connectivity index (χ2v) is 6.16. The van der Waals surface area contributed by atoms with Crippen molar-refractivity contribution in [2.75, 3.05) is 20.1 Å². The third-order valence-electron chi connectivity index (χ3n) is 3.79. The van der Waals surface area contributed by atoms with Crippen LogP contribution in [-0.4, -0.2) is 35.9 Å². The van der Waals surface area contributed by atoms with Crippen molar-refractivity contribution in [1.82, 2.24) is 10.2 Å². The summed E-state index contributed by atoms with van der Waals surface area (Å²) < 4.78 is 0. The summed E-state index contributed by atoms with van der Waals surface area (Å²) >= 11 is 0. The summed E-state index contributed by atoms with van der Waals surface area (Å²) in [7, 11) is 1.78. The van der Waals surface area contributed by atoms with Gasteiger partial charge in [-0.2, -0.15) is 0 Å². The lowest BCUT2D eigenvalue weighted by Crippen LogP contribution is -2.40. The van der Waals surface area contributed by atoms with Gasteiger partial charge in [0.2, 0.25) is 0 Å². The summed E-state index contributed by atoms with van der Waals surface area (Å²) in [6.07, 6.45) is 1.16. The maximum absolute atomic E-state index is 10.6. The molecule has 2 rings (SSSR count). The van der Waals surface area contributed by atoms with E-state index in [1.807, 2.05) is 0 Å². The average Bonchev–Trinajstić information content (AvgIpc) is 2.80. The van der Waals surface area contributed by atoms with E-state index in [1.165, 1.54) is 12.1 Å². The molecule has 0 radical (unpaired) electrons. The van der Waals surface area contributed by atoms with E-state index in [9.17, 15) is 10.1 Å². The Balaban J connectivity index is 1.93. The Kier molecular flexibility index (Phi) is 4.45. The van der Waals surface area contributed by atoms with E-state index in [2.05, 4.69) is 29.1 Å². The molecule has 114 valence electrons. The second-order valence-electron chi connectivity index (χ2n) is 6.16. The van der Waals surface area contributed by atoms with Crippen molar-refractivity contribution in [3.05, 3.63) is 39.9 Å². The molecule has 6 nitrogen and oxygen atoms in total. The van der Waals surface area contributed by atoms with Crippen LogP contribution < -0.4 is 5.32 Å². The molecule has 0 spiro atoms. The van der Waals surface area contributed by atoms with Crippen LogP contribution in [0, 0.1) is 15.5 Å². The number of nitro benzene ring substituents is 1. The van der Waals surface area contributed by atoms with Crippen molar-refractivity contribution < 1.29 is 4.92 Å². The van der Waals surface area contributed by atoms with Crippen molar-refractivity contribution in [3.63, 3.8) is 0 Å². The highest BCUT2D eigenvalue weighted by Crippen LogP contribution is 2.28. The highest BCUT2D eigenvalue weighted by Gasteiger charge is 2.30. The first-order valence-electron chi connectivity index (χ1n) is 7.10. The number of nitrogens with one attached hydrogen (secondary N) is 1. The molecule has 0 atom stereocenters. The molecule has 0 amide bonds. The van der Waals surface area contributed by atoms with Crippen molar-refractivity contribution in [2.24, 2.45) is 10.4 Å². The van der Waals surface area contributed by atoms with Crippen molar-refractivity contribution in [1.29, 1.82) is 0 Å². The Bertz CT molecular complexity index is 537. The lowest BCUT2D eigenvalue weighted by atomic mass is 9.93. The van der Waals surface area contributed by atoms with Gasteiger partial charge in [0.05, 0.1) is 4.92 Å². The van der Waals surface area contributed by atoms with Crippen LogP contribution in [0.5, 0.6) is 0 Å². The van der Waals surface area contributed by atoms with Crippen LogP contribution in [0.25, 0.3) is 0 Å². The fraction of sp³-hybridized carbons (Fsp3) is 0.533. The molecule has 1 heterocycles. The molecular weight excluding hydrogens is 268 g/mol. The molecule has 0 aromatic heterocycles. The lowest BCUT2D eigenvalue weighted by molar-refractivity contribution is -0.384. The number of hydrogen-bond acceptors (Lipinski definition) is 3. The number of nitrogens with zero attached hydrogens (tertiary/aromatic N) is 3. The van der Waals surface area contributed by atoms with E-state index in [1.54, 1.807) is 19.2 Å². The number of hydrogen-bond donors (Lipinski definition) is 1. The molecule has 1 saturated heterocycles. The lowest BCUT2D eigenvalue weighted by Gasteiger charge is -2.23. The van der Waals surface area contributed by atoms with Crippen LogP contribution in [-0.2, 0) is 6.54 Å². The molecular formula is C15H22N4O2. The van der Waals surface area contributed by atoms with Crippen LogP contribution in [0.3, 0.4) is 0 Å². The van der Waals surface area contributed by atoms with Gasteiger partial charge in [-0.3, -0.25) is 15.1 Å². The van der Waals surface area contributed by atoms with Gasteiger partial charge in [0.1, 0.15) is 0 Å². The topological polar surface area (TPSA) is 70.8 Å². The number of non-ortho nitro benzene ring substituents is 1. The van der Waals surface area contributed by atoms with Gasteiger partial charge in [0.15, 0.2) is 5.96 Å². The van der Waals surface area contributed by atoms with Gasteiger partial charge in [-0.05, 0) is 17.4 Å². The minimum atomic E-state index is -0.386. The average molecular weight is 290 g/mol. The summed E-state index contributed by atoms with van der Waals surface area (Å²) in [4.78, 5) is 16.8. The van der Waals surface area contributed by atoms with Crippen LogP contribution >= 0.6 is 0 Å². The van der Waals surface area contributed by atoms with Gasteiger partial charge < -0.3 is 10.2 Å². The summed E-state index contributed by atoms with van der Waals surface area (Å²) in [6, 6.07) is 6.59. The second kappa shape index (κ2) is 6.11. The molecule has 1 aliphatic rings. The number of benzene rings is 1. The highest BCUT2D eigenvalue weighted by molar-refractivity contribution is 5.80. The van der Waals surface area contributed by atoms with Gasteiger partial charge in [0.25, 0.3) is 5.69 Å². The molecule has 1 aromatic rings. The predicted molar refractivity (Wildman–Crippen MR) is 83.3 cm³/mol. The van der Waals surface area contributed by atoms with Gasteiger partial charge in [-0.1, -0.05) is 26.0 Å². The van der Waals surface area contributed by atoms with Gasteiger partial charge in [-0.25, -0.2) is 0 Å².